The number of rotatable bonds is 2. The van der Waals surface area contributed by atoms with Gasteiger partial charge < -0.3 is 9.64 Å². The highest BCUT2D eigenvalue weighted by Crippen LogP contribution is 2.18. The number of carbonyl (C=O) groups excluding carboxylic acids is 1. The van der Waals surface area contributed by atoms with Crippen LogP contribution in [0.2, 0.25) is 0 Å². The first-order valence-electron chi connectivity index (χ1n) is 4.45. The van der Waals surface area contributed by atoms with Crippen LogP contribution in [0.15, 0.2) is 18.5 Å². The van der Waals surface area contributed by atoms with Gasteiger partial charge in [-0.15, -0.1) is 0 Å². The van der Waals surface area contributed by atoms with E-state index in [-0.39, 0.29) is 6.10 Å². The van der Waals surface area contributed by atoms with Crippen molar-refractivity contribution in [2.24, 2.45) is 0 Å². The average Bonchev–Trinajstić information content (AvgIpc) is 2.61. The second-order valence-corrected chi connectivity index (χ2v) is 3.17. The van der Waals surface area contributed by atoms with Gasteiger partial charge in [-0.2, -0.15) is 0 Å². The number of hydrogen-bond donors (Lipinski definition) is 0. The van der Waals surface area contributed by atoms with Gasteiger partial charge in [-0.05, 0) is 13.0 Å². The molecular weight excluding hydrogens is 182 g/mol. The molecular formula is C9H11N3O2. The lowest BCUT2D eigenvalue weighted by molar-refractivity contribution is -0.116. The number of nitrogens with zero attached hydrogens (tertiary/aromatic N) is 3. The molecule has 0 bridgehead atoms. The SMILES string of the molecule is CC1CN(c2ncccn2)C(C=O)O1. The Bertz CT molecular complexity index is 317. The molecule has 14 heavy (non-hydrogen) atoms. The largest absolute Gasteiger partial charge is 0.346 e. The molecule has 2 rings (SSSR count). The van der Waals surface area contributed by atoms with Gasteiger partial charge in [0.1, 0.15) is 0 Å². The van der Waals surface area contributed by atoms with E-state index >= 15 is 0 Å². The molecule has 1 saturated heterocycles. The highest BCUT2D eigenvalue weighted by Gasteiger charge is 2.31. The van der Waals surface area contributed by atoms with E-state index < -0.39 is 6.23 Å². The number of aromatic nitrogens is 2. The normalized spacial score (nSPS) is 26.5. The Balaban J connectivity index is 2.22. The van der Waals surface area contributed by atoms with E-state index in [2.05, 4.69) is 9.97 Å². The molecule has 1 aliphatic heterocycles. The first kappa shape index (κ1) is 9.08. The average molecular weight is 193 g/mol. The summed E-state index contributed by atoms with van der Waals surface area (Å²) >= 11 is 0. The molecule has 0 amide bonds. The summed E-state index contributed by atoms with van der Waals surface area (Å²) in [6.07, 6.45) is 3.54. The van der Waals surface area contributed by atoms with E-state index in [0.717, 1.165) is 6.29 Å². The molecule has 5 heteroatoms. The molecule has 1 aliphatic rings. The van der Waals surface area contributed by atoms with Crippen LogP contribution in [0.25, 0.3) is 0 Å². The second-order valence-electron chi connectivity index (χ2n) is 3.17. The predicted octanol–water partition coefficient (Wildman–Crippen LogP) is 0.227. The van der Waals surface area contributed by atoms with E-state index in [1.807, 2.05) is 6.92 Å². The Morgan fingerprint density at radius 1 is 1.57 bits per heavy atom. The van der Waals surface area contributed by atoms with Gasteiger partial charge in [0.15, 0.2) is 12.5 Å². The number of hydrogen-bond acceptors (Lipinski definition) is 5. The molecule has 1 fully saturated rings. The Hall–Kier alpha value is -1.49. The predicted molar refractivity (Wildman–Crippen MR) is 49.8 cm³/mol. The van der Waals surface area contributed by atoms with Gasteiger partial charge in [0.05, 0.1) is 6.10 Å². The highest BCUT2D eigenvalue weighted by atomic mass is 16.5. The molecule has 2 atom stereocenters. The van der Waals surface area contributed by atoms with E-state index in [4.69, 9.17) is 4.74 Å². The Morgan fingerprint density at radius 3 is 2.93 bits per heavy atom. The van der Waals surface area contributed by atoms with Crippen LogP contribution in [-0.2, 0) is 9.53 Å². The van der Waals surface area contributed by atoms with Gasteiger partial charge in [0.25, 0.3) is 0 Å². The fraction of sp³-hybridized carbons (Fsp3) is 0.444. The summed E-state index contributed by atoms with van der Waals surface area (Å²) in [6.45, 7) is 2.56. The zero-order valence-electron chi connectivity index (χ0n) is 7.83. The van der Waals surface area contributed by atoms with Crippen molar-refractivity contribution in [3.63, 3.8) is 0 Å². The minimum atomic E-state index is -0.549. The van der Waals surface area contributed by atoms with Crippen molar-refractivity contribution in [3.8, 4) is 0 Å². The third kappa shape index (κ3) is 1.58. The monoisotopic (exact) mass is 193 g/mol. The standard InChI is InChI=1S/C9H11N3O2/c1-7-5-12(8(6-13)14-7)9-10-3-2-4-11-9/h2-4,6-8H,5H2,1H3. The summed E-state index contributed by atoms with van der Waals surface area (Å²) in [6, 6.07) is 1.74. The Morgan fingerprint density at radius 2 is 2.29 bits per heavy atom. The van der Waals surface area contributed by atoms with E-state index in [9.17, 15) is 4.79 Å². The van der Waals surface area contributed by atoms with Gasteiger partial charge >= 0.3 is 0 Å². The molecule has 0 aromatic carbocycles. The summed E-state index contributed by atoms with van der Waals surface area (Å²) in [5.74, 6) is 0.536. The summed E-state index contributed by atoms with van der Waals surface area (Å²) in [4.78, 5) is 20.6. The molecule has 1 aromatic heterocycles. The van der Waals surface area contributed by atoms with Gasteiger partial charge in [0.2, 0.25) is 5.95 Å². The number of carbonyl (C=O) groups is 1. The van der Waals surface area contributed by atoms with Crippen LogP contribution in [-0.4, -0.2) is 35.1 Å². The van der Waals surface area contributed by atoms with Crippen molar-refractivity contribution in [3.05, 3.63) is 18.5 Å². The second kappa shape index (κ2) is 3.71. The third-order valence-electron chi connectivity index (χ3n) is 2.06. The first-order chi connectivity index (χ1) is 6.81. The quantitative estimate of drug-likeness (QED) is 0.629. The molecule has 0 saturated carbocycles. The minimum Gasteiger partial charge on any atom is -0.346 e. The van der Waals surface area contributed by atoms with Gasteiger partial charge in [-0.1, -0.05) is 0 Å². The lowest BCUT2D eigenvalue weighted by Gasteiger charge is -2.17. The fourth-order valence-corrected chi connectivity index (χ4v) is 1.48. The molecule has 0 aliphatic carbocycles. The summed E-state index contributed by atoms with van der Waals surface area (Å²) in [7, 11) is 0. The summed E-state index contributed by atoms with van der Waals surface area (Å²) < 4.78 is 5.36. The van der Waals surface area contributed by atoms with Crippen LogP contribution in [0, 0.1) is 0 Å². The van der Waals surface area contributed by atoms with E-state index in [0.29, 0.717) is 12.5 Å². The Labute approximate surface area is 81.7 Å². The smallest absolute Gasteiger partial charge is 0.227 e. The summed E-state index contributed by atoms with van der Waals surface area (Å²) in [5, 5.41) is 0. The van der Waals surface area contributed by atoms with E-state index in [1.54, 1.807) is 23.4 Å². The molecule has 2 heterocycles. The lowest BCUT2D eigenvalue weighted by Crippen LogP contribution is -2.32. The van der Waals surface area contributed by atoms with Gasteiger partial charge in [-0.3, -0.25) is 4.79 Å². The molecule has 0 N–H and O–H groups in total. The van der Waals surface area contributed by atoms with Crippen LogP contribution in [0.3, 0.4) is 0 Å². The summed E-state index contributed by atoms with van der Waals surface area (Å²) in [5.41, 5.74) is 0. The van der Waals surface area contributed by atoms with Crippen LogP contribution in [0.5, 0.6) is 0 Å². The molecule has 0 spiro atoms. The van der Waals surface area contributed by atoms with Crippen molar-refractivity contribution >= 4 is 12.2 Å². The van der Waals surface area contributed by atoms with Gasteiger partial charge in [-0.25, -0.2) is 9.97 Å². The topological polar surface area (TPSA) is 55.3 Å². The molecule has 5 nitrogen and oxygen atoms in total. The zero-order valence-corrected chi connectivity index (χ0v) is 7.83. The van der Waals surface area contributed by atoms with Crippen LogP contribution in [0.4, 0.5) is 5.95 Å². The number of anilines is 1. The van der Waals surface area contributed by atoms with Crippen LogP contribution in [0.1, 0.15) is 6.92 Å². The maximum atomic E-state index is 10.7. The third-order valence-corrected chi connectivity index (χ3v) is 2.06. The van der Waals surface area contributed by atoms with Crippen molar-refractivity contribution in [1.82, 2.24) is 9.97 Å². The highest BCUT2D eigenvalue weighted by molar-refractivity contribution is 5.62. The minimum absolute atomic E-state index is 0.0361. The molecule has 0 radical (unpaired) electrons. The van der Waals surface area contributed by atoms with Crippen molar-refractivity contribution in [2.45, 2.75) is 19.3 Å². The molecule has 74 valence electrons. The van der Waals surface area contributed by atoms with Crippen LogP contribution >= 0.6 is 0 Å². The van der Waals surface area contributed by atoms with Crippen molar-refractivity contribution < 1.29 is 9.53 Å². The van der Waals surface area contributed by atoms with E-state index in [1.165, 1.54) is 0 Å². The van der Waals surface area contributed by atoms with Crippen molar-refractivity contribution in [1.29, 1.82) is 0 Å². The van der Waals surface area contributed by atoms with Crippen LogP contribution < -0.4 is 4.90 Å². The maximum Gasteiger partial charge on any atom is 0.227 e. The van der Waals surface area contributed by atoms with Gasteiger partial charge in [0, 0.05) is 18.9 Å². The molecule has 2 unspecified atom stereocenters. The lowest BCUT2D eigenvalue weighted by atomic mass is 10.4. The number of ether oxygens (including phenoxy) is 1. The Kier molecular flexibility index (Phi) is 2.41. The first-order valence-corrected chi connectivity index (χ1v) is 4.45. The zero-order chi connectivity index (χ0) is 9.97. The maximum absolute atomic E-state index is 10.7. The number of aldehydes is 1. The fourth-order valence-electron chi connectivity index (χ4n) is 1.48. The molecule has 1 aromatic rings. The van der Waals surface area contributed by atoms with Crippen molar-refractivity contribution in [2.75, 3.05) is 11.4 Å².